The van der Waals surface area contributed by atoms with E-state index in [0.29, 0.717) is 33.5 Å². The summed E-state index contributed by atoms with van der Waals surface area (Å²) >= 11 is 1.40. The van der Waals surface area contributed by atoms with E-state index in [0.717, 1.165) is 10.1 Å². The first kappa shape index (κ1) is 19.2. The van der Waals surface area contributed by atoms with Gasteiger partial charge in [0.1, 0.15) is 17.0 Å². The van der Waals surface area contributed by atoms with E-state index in [1.165, 1.54) is 11.3 Å². The topological polar surface area (TPSA) is 77.9 Å². The van der Waals surface area contributed by atoms with Crippen LogP contribution in [0.15, 0.2) is 69.7 Å². The summed E-state index contributed by atoms with van der Waals surface area (Å²) in [4.78, 5) is 19.8. The highest BCUT2D eigenvalue weighted by Gasteiger charge is 2.26. The van der Waals surface area contributed by atoms with Crippen LogP contribution in [0.4, 0.5) is 5.13 Å². The number of thiazole rings is 1. The van der Waals surface area contributed by atoms with Crippen LogP contribution in [0.3, 0.4) is 0 Å². The third kappa shape index (κ3) is 3.40. The number of furan rings is 2. The van der Waals surface area contributed by atoms with E-state index in [4.69, 9.17) is 18.3 Å². The number of anilines is 1. The molecule has 0 N–H and O–H groups in total. The molecule has 8 heteroatoms. The lowest BCUT2D eigenvalue weighted by Gasteiger charge is -2.17. The number of carbonyl (C=O) groups is 1. The predicted molar refractivity (Wildman–Crippen MR) is 118 cm³/mol. The molecule has 0 aliphatic heterocycles. The van der Waals surface area contributed by atoms with Gasteiger partial charge in [0, 0.05) is 5.39 Å². The molecule has 0 fully saturated rings. The molecule has 0 aliphatic carbocycles. The van der Waals surface area contributed by atoms with Gasteiger partial charge in [-0.2, -0.15) is 0 Å². The Morgan fingerprint density at radius 3 is 2.65 bits per heavy atom. The molecule has 31 heavy (non-hydrogen) atoms. The molecular formula is C23H18N2O5S. The molecule has 0 spiro atoms. The van der Waals surface area contributed by atoms with Crippen LogP contribution in [0.1, 0.15) is 16.3 Å². The molecular weight excluding hydrogens is 416 g/mol. The average Bonchev–Trinajstić information content (AvgIpc) is 3.55. The van der Waals surface area contributed by atoms with Gasteiger partial charge in [0.15, 0.2) is 22.2 Å². The number of ether oxygens (including phenoxy) is 2. The summed E-state index contributed by atoms with van der Waals surface area (Å²) < 4.78 is 23.1. The molecule has 2 aromatic carbocycles. The lowest BCUT2D eigenvalue weighted by molar-refractivity contribution is 0.0958. The summed E-state index contributed by atoms with van der Waals surface area (Å²) in [6, 6.07) is 16.5. The minimum absolute atomic E-state index is 0.192. The highest BCUT2D eigenvalue weighted by molar-refractivity contribution is 7.22. The molecule has 5 aromatic rings. The van der Waals surface area contributed by atoms with E-state index >= 15 is 0 Å². The van der Waals surface area contributed by atoms with Crippen molar-refractivity contribution in [2.24, 2.45) is 0 Å². The van der Waals surface area contributed by atoms with Crippen molar-refractivity contribution in [2.75, 3.05) is 19.1 Å². The summed E-state index contributed by atoms with van der Waals surface area (Å²) in [7, 11) is 3.16. The zero-order valence-electron chi connectivity index (χ0n) is 16.8. The van der Waals surface area contributed by atoms with Crippen molar-refractivity contribution in [2.45, 2.75) is 6.54 Å². The summed E-state index contributed by atoms with van der Waals surface area (Å²) in [5.41, 5.74) is 1.23. The summed E-state index contributed by atoms with van der Waals surface area (Å²) in [5.74, 6) is 1.72. The van der Waals surface area contributed by atoms with Crippen LogP contribution >= 0.6 is 11.3 Å². The molecule has 5 rings (SSSR count). The Kier molecular flexibility index (Phi) is 4.83. The van der Waals surface area contributed by atoms with Crippen molar-refractivity contribution in [1.29, 1.82) is 0 Å². The van der Waals surface area contributed by atoms with Crippen LogP contribution < -0.4 is 14.4 Å². The molecule has 0 atom stereocenters. The van der Waals surface area contributed by atoms with Crippen LogP contribution in [-0.2, 0) is 6.54 Å². The number of hydrogen-bond donors (Lipinski definition) is 0. The summed E-state index contributed by atoms with van der Waals surface area (Å²) in [6.45, 7) is 0.210. The van der Waals surface area contributed by atoms with Gasteiger partial charge in [0.2, 0.25) is 0 Å². The van der Waals surface area contributed by atoms with Gasteiger partial charge in [-0.25, -0.2) is 4.98 Å². The maximum absolute atomic E-state index is 13.6. The third-order valence-electron chi connectivity index (χ3n) is 4.90. The average molecular weight is 434 g/mol. The zero-order valence-corrected chi connectivity index (χ0v) is 17.6. The first-order valence-corrected chi connectivity index (χ1v) is 10.3. The van der Waals surface area contributed by atoms with Gasteiger partial charge in [-0.1, -0.05) is 29.5 Å². The minimum Gasteiger partial charge on any atom is -0.494 e. The monoisotopic (exact) mass is 434 g/mol. The van der Waals surface area contributed by atoms with Crippen molar-refractivity contribution in [3.8, 4) is 11.5 Å². The van der Waals surface area contributed by atoms with Crippen LogP contribution in [0.5, 0.6) is 11.5 Å². The SMILES string of the molecule is COc1cccc2sc(N(Cc3ccco3)C(=O)c3cc4cccc(OC)c4o3)nc12. The third-order valence-corrected chi connectivity index (χ3v) is 5.94. The smallest absolute Gasteiger partial charge is 0.296 e. The van der Waals surface area contributed by atoms with Gasteiger partial charge >= 0.3 is 0 Å². The van der Waals surface area contributed by atoms with Gasteiger partial charge in [-0.3, -0.25) is 9.69 Å². The fourth-order valence-electron chi connectivity index (χ4n) is 3.41. The number of para-hydroxylation sites is 2. The first-order chi connectivity index (χ1) is 15.2. The molecule has 3 heterocycles. The van der Waals surface area contributed by atoms with Gasteiger partial charge in [-0.15, -0.1) is 0 Å². The predicted octanol–water partition coefficient (Wildman–Crippen LogP) is 5.50. The van der Waals surface area contributed by atoms with Crippen molar-refractivity contribution >= 4 is 43.6 Å². The van der Waals surface area contributed by atoms with E-state index in [2.05, 4.69) is 4.98 Å². The normalized spacial score (nSPS) is 11.2. The number of amides is 1. The molecule has 0 saturated heterocycles. The highest BCUT2D eigenvalue weighted by atomic mass is 32.1. The largest absolute Gasteiger partial charge is 0.494 e. The van der Waals surface area contributed by atoms with E-state index in [1.807, 2.05) is 36.4 Å². The van der Waals surface area contributed by atoms with E-state index in [9.17, 15) is 4.79 Å². The van der Waals surface area contributed by atoms with Gasteiger partial charge in [0.25, 0.3) is 5.91 Å². The number of hydrogen-bond acceptors (Lipinski definition) is 7. The van der Waals surface area contributed by atoms with Crippen LogP contribution in [0, 0.1) is 0 Å². The maximum atomic E-state index is 13.6. The van der Waals surface area contributed by atoms with Crippen molar-refractivity contribution in [3.05, 3.63) is 72.4 Å². The molecule has 7 nitrogen and oxygen atoms in total. The van der Waals surface area contributed by atoms with Gasteiger partial charge in [0.05, 0.1) is 31.7 Å². The quantitative estimate of drug-likeness (QED) is 0.351. The second kappa shape index (κ2) is 7.81. The Balaban J connectivity index is 1.60. The van der Waals surface area contributed by atoms with Crippen LogP contribution in [0.2, 0.25) is 0 Å². The Bertz CT molecular complexity index is 1370. The van der Waals surface area contributed by atoms with Crippen LogP contribution in [0.25, 0.3) is 21.2 Å². The molecule has 0 bridgehead atoms. The highest BCUT2D eigenvalue weighted by Crippen LogP contribution is 2.36. The Morgan fingerprint density at radius 2 is 1.87 bits per heavy atom. The Hall–Kier alpha value is -3.78. The number of aromatic nitrogens is 1. The fourth-order valence-corrected chi connectivity index (χ4v) is 4.39. The number of rotatable bonds is 6. The molecule has 0 aliphatic rings. The minimum atomic E-state index is -0.326. The molecule has 0 saturated carbocycles. The van der Waals surface area contributed by atoms with E-state index in [1.54, 1.807) is 43.6 Å². The molecule has 1 amide bonds. The maximum Gasteiger partial charge on any atom is 0.296 e. The lowest BCUT2D eigenvalue weighted by atomic mass is 10.2. The summed E-state index contributed by atoms with van der Waals surface area (Å²) in [5, 5.41) is 1.31. The number of methoxy groups -OCH3 is 2. The van der Waals surface area contributed by atoms with Gasteiger partial charge in [-0.05, 0) is 36.4 Å². The Labute approximate surface area is 181 Å². The number of carbonyl (C=O) groups excluding carboxylic acids is 1. The lowest BCUT2D eigenvalue weighted by Crippen LogP contribution is -2.29. The molecule has 0 unspecified atom stereocenters. The van der Waals surface area contributed by atoms with Crippen molar-refractivity contribution in [1.82, 2.24) is 4.98 Å². The molecule has 0 radical (unpaired) electrons. The van der Waals surface area contributed by atoms with Crippen molar-refractivity contribution < 1.29 is 23.1 Å². The Morgan fingerprint density at radius 1 is 1.06 bits per heavy atom. The number of fused-ring (bicyclic) bond motifs is 2. The van der Waals surface area contributed by atoms with Crippen molar-refractivity contribution in [3.63, 3.8) is 0 Å². The fraction of sp³-hybridized carbons (Fsp3) is 0.130. The van der Waals surface area contributed by atoms with E-state index in [-0.39, 0.29) is 18.2 Å². The zero-order chi connectivity index (χ0) is 21.4. The molecule has 3 aromatic heterocycles. The van der Waals surface area contributed by atoms with Gasteiger partial charge < -0.3 is 18.3 Å². The van der Waals surface area contributed by atoms with Crippen LogP contribution in [-0.4, -0.2) is 25.1 Å². The summed E-state index contributed by atoms with van der Waals surface area (Å²) in [6.07, 6.45) is 1.57. The number of nitrogens with zero attached hydrogens (tertiary/aromatic N) is 2. The second-order valence-electron chi connectivity index (χ2n) is 6.76. The standard InChI is InChI=1S/C23H18N2O5S/c1-27-16-8-4-10-19-20(16)24-23(31-19)25(13-15-7-5-11-29-15)22(26)18-12-14-6-3-9-17(28-2)21(14)30-18/h3-12H,13H2,1-2H3. The first-order valence-electron chi connectivity index (χ1n) is 9.52. The second-order valence-corrected chi connectivity index (χ2v) is 7.77. The number of benzene rings is 2. The molecule has 156 valence electrons. The van der Waals surface area contributed by atoms with E-state index < -0.39 is 0 Å².